The highest BCUT2D eigenvalue weighted by Crippen LogP contribution is 2.14. The van der Waals surface area contributed by atoms with Crippen molar-refractivity contribution >= 4 is 23.3 Å². The first-order valence-electron chi connectivity index (χ1n) is 6.36. The molecule has 0 aliphatic heterocycles. The van der Waals surface area contributed by atoms with Gasteiger partial charge in [0.05, 0.1) is 5.01 Å². The second-order valence-corrected chi connectivity index (χ2v) is 6.77. The Hall–Kier alpha value is -1.63. The van der Waals surface area contributed by atoms with Crippen LogP contribution in [0.4, 0.5) is 4.79 Å². The van der Waals surface area contributed by atoms with Gasteiger partial charge in [0.15, 0.2) is 5.69 Å². The van der Waals surface area contributed by atoms with Crippen molar-refractivity contribution in [2.24, 2.45) is 5.41 Å². The lowest BCUT2D eigenvalue weighted by Gasteiger charge is -2.26. The summed E-state index contributed by atoms with van der Waals surface area (Å²) < 4.78 is 0. The maximum absolute atomic E-state index is 11.8. The van der Waals surface area contributed by atoms with E-state index in [1.807, 2.05) is 0 Å². The molecule has 0 spiro atoms. The number of carboxylic acids is 1. The van der Waals surface area contributed by atoms with Crippen molar-refractivity contribution < 1.29 is 14.7 Å². The standard InChI is InChI=1S/C13H21N3O3S/c1-13(2,3)8-16(4)12(19)14-6-5-10-15-9(7-20-10)11(17)18/h7H,5-6,8H2,1-4H3,(H,14,19)(H,17,18). The Morgan fingerprint density at radius 3 is 2.60 bits per heavy atom. The van der Waals surface area contributed by atoms with Crippen molar-refractivity contribution in [2.45, 2.75) is 27.2 Å². The number of nitrogens with zero attached hydrogens (tertiary/aromatic N) is 2. The summed E-state index contributed by atoms with van der Waals surface area (Å²) in [6.45, 7) is 7.32. The van der Waals surface area contributed by atoms with Gasteiger partial charge in [-0.15, -0.1) is 11.3 Å². The normalized spacial score (nSPS) is 11.2. The molecule has 1 aromatic heterocycles. The molecular formula is C13H21N3O3S. The number of aromatic carboxylic acids is 1. The summed E-state index contributed by atoms with van der Waals surface area (Å²) in [4.78, 5) is 28.1. The van der Waals surface area contributed by atoms with Gasteiger partial charge in [-0.05, 0) is 5.41 Å². The Labute approximate surface area is 122 Å². The average Bonchev–Trinajstić information content (AvgIpc) is 2.75. The highest BCUT2D eigenvalue weighted by molar-refractivity contribution is 7.09. The number of hydrogen-bond acceptors (Lipinski definition) is 4. The number of carbonyl (C=O) groups excluding carboxylic acids is 1. The molecule has 1 rings (SSSR count). The van der Waals surface area contributed by atoms with Crippen LogP contribution in [0.25, 0.3) is 0 Å². The number of amides is 2. The molecule has 20 heavy (non-hydrogen) atoms. The Morgan fingerprint density at radius 2 is 2.10 bits per heavy atom. The van der Waals surface area contributed by atoms with Crippen LogP contribution in [0, 0.1) is 5.41 Å². The lowest BCUT2D eigenvalue weighted by atomic mass is 9.96. The molecule has 2 N–H and O–H groups in total. The Kier molecular flexibility index (Phi) is 5.50. The molecule has 2 amide bonds. The highest BCUT2D eigenvalue weighted by atomic mass is 32.1. The maximum Gasteiger partial charge on any atom is 0.355 e. The Balaban J connectivity index is 2.36. The molecule has 0 aliphatic carbocycles. The van der Waals surface area contributed by atoms with Gasteiger partial charge in [-0.2, -0.15) is 0 Å². The van der Waals surface area contributed by atoms with Gasteiger partial charge >= 0.3 is 12.0 Å². The van der Waals surface area contributed by atoms with Crippen LogP contribution in [0.3, 0.4) is 0 Å². The number of nitrogens with one attached hydrogen (secondary N) is 1. The van der Waals surface area contributed by atoms with Crippen molar-refractivity contribution in [1.82, 2.24) is 15.2 Å². The number of urea groups is 1. The number of carboxylic acid groups (broad SMARTS) is 1. The number of hydrogen-bond donors (Lipinski definition) is 2. The van der Waals surface area contributed by atoms with Crippen LogP contribution in [0.15, 0.2) is 5.38 Å². The van der Waals surface area contributed by atoms with Crippen LogP contribution in [-0.4, -0.2) is 47.1 Å². The fraction of sp³-hybridized carbons (Fsp3) is 0.615. The van der Waals surface area contributed by atoms with Crippen LogP contribution < -0.4 is 5.32 Å². The maximum atomic E-state index is 11.8. The number of rotatable bonds is 5. The second-order valence-electron chi connectivity index (χ2n) is 5.83. The minimum atomic E-state index is -1.03. The lowest BCUT2D eigenvalue weighted by molar-refractivity contribution is 0.0691. The molecule has 7 heteroatoms. The molecular weight excluding hydrogens is 278 g/mol. The zero-order chi connectivity index (χ0) is 15.3. The van der Waals surface area contributed by atoms with Crippen molar-refractivity contribution in [1.29, 1.82) is 0 Å². The predicted molar refractivity (Wildman–Crippen MR) is 78.3 cm³/mol. The van der Waals surface area contributed by atoms with Crippen molar-refractivity contribution in [3.8, 4) is 0 Å². The van der Waals surface area contributed by atoms with E-state index >= 15 is 0 Å². The van der Waals surface area contributed by atoms with E-state index < -0.39 is 5.97 Å². The van der Waals surface area contributed by atoms with Crippen LogP contribution >= 0.6 is 11.3 Å². The first-order valence-corrected chi connectivity index (χ1v) is 7.23. The summed E-state index contributed by atoms with van der Waals surface area (Å²) in [5.41, 5.74) is 0.110. The smallest absolute Gasteiger partial charge is 0.355 e. The molecule has 1 aromatic rings. The number of aromatic nitrogens is 1. The molecule has 0 unspecified atom stereocenters. The molecule has 112 valence electrons. The molecule has 0 radical (unpaired) electrons. The molecule has 0 atom stereocenters. The first-order chi connectivity index (χ1) is 9.19. The van der Waals surface area contributed by atoms with Crippen LogP contribution in [0.1, 0.15) is 36.3 Å². The van der Waals surface area contributed by atoms with Gasteiger partial charge in [0, 0.05) is 31.9 Å². The molecule has 0 aromatic carbocycles. The monoisotopic (exact) mass is 299 g/mol. The van der Waals surface area contributed by atoms with Crippen LogP contribution in [-0.2, 0) is 6.42 Å². The SMILES string of the molecule is CN(CC(C)(C)C)C(=O)NCCc1nc(C(=O)O)cs1. The van der Waals surface area contributed by atoms with Gasteiger partial charge in [-0.3, -0.25) is 0 Å². The van der Waals surface area contributed by atoms with E-state index in [1.165, 1.54) is 16.7 Å². The van der Waals surface area contributed by atoms with E-state index in [0.29, 0.717) is 24.5 Å². The quantitative estimate of drug-likeness (QED) is 0.872. The van der Waals surface area contributed by atoms with Crippen molar-refractivity contribution in [2.75, 3.05) is 20.1 Å². The summed E-state index contributed by atoms with van der Waals surface area (Å²) >= 11 is 1.29. The van der Waals surface area contributed by atoms with Crippen LogP contribution in [0.2, 0.25) is 0 Å². The third-order valence-corrected chi connectivity index (χ3v) is 3.35. The molecule has 6 nitrogen and oxygen atoms in total. The van der Waals surface area contributed by atoms with E-state index in [9.17, 15) is 9.59 Å². The predicted octanol–water partition coefficient (Wildman–Crippen LogP) is 2.07. The van der Waals surface area contributed by atoms with E-state index in [0.717, 1.165) is 0 Å². The summed E-state index contributed by atoms with van der Waals surface area (Å²) in [5.74, 6) is -1.03. The van der Waals surface area contributed by atoms with Gasteiger partial charge in [0.25, 0.3) is 0 Å². The van der Waals surface area contributed by atoms with E-state index in [2.05, 4.69) is 31.1 Å². The number of carbonyl (C=O) groups is 2. The average molecular weight is 299 g/mol. The Morgan fingerprint density at radius 1 is 1.45 bits per heavy atom. The molecule has 1 heterocycles. The van der Waals surface area contributed by atoms with Gasteiger partial charge in [0.1, 0.15) is 0 Å². The van der Waals surface area contributed by atoms with E-state index in [-0.39, 0.29) is 17.1 Å². The van der Waals surface area contributed by atoms with E-state index in [1.54, 1.807) is 11.9 Å². The third-order valence-electron chi connectivity index (χ3n) is 2.44. The van der Waals surface area contributed by atoms with Crippen molar-refractivity contribution in [3.05, 3.63) is 16.1 Å². The Bertz CT molecular complexity index is 479. The van der Waals surface area contributed by atoms with Crippen molar-refractivity contribution in [3.63, 3.8) is 0 Å². The molecule has 0 aliphatic rings. The molecule has 0 fully saturated rings. The summed E-state index contributed by atoms with van der Waals surface area (Å²) in [5, 5.41) is 13.8. The second kappa shape index (κ2) is 6.69. The highest BCUT2D eigenvalue weighted by Gasteiger charge is 2.17. The van der Waals surface area contributed by atoms with Gasteiger partial charge in [0.2, 0.25) is 0 Å². The minimum absolute atomic E-state index is 0.0534. The summed E-state index contributed by atoms with van der Waals surface area (Å²) in [6, 6.07) is -0.130. The first kappa shape index (κ1) is 16.4. The minimum Gasteiger partial charge on any atom is -0.476 e. The molecule has 0 saturated carbocycles. The van der Waals surface area contributed by atoms with Gasteiger partial charge in [-0.1, -0.05) is 20.8 Å². The largest absolute Gasteiger partial charge is 0.476 e. The third kappa shape index (κ3) is 5.56. The van der Waals surface area contributed by atoms with Gasteiger partial charge in [-0.25, -0.2) is 14.6 Å². The van der Waals surface area contributed by atoms with E-state index in [4.69, 9.17) is 5.11 Å². The topological polar surface area (TPSA) is 82.5 Å². The molecule has 0 bridgehead atoms. The summed E-state index contributed by atoms with van der Waals surface area (Å²) in [6.07, 6.45) is 0.535. The fourth-order valence-electron chi connectivity index (χ4n) is 1.72. The lowest BCUT2D eigenvalue weighted by Crippen LogP contribution is -2.42. The zero-order valence-corrected chi connectivity index (χ0v) is 13.1. The number of thiazole rings is 1. The van der Waals surface area contributed by atoms with Crippen LogP contribution in [0.5, 0.6) is 0 Å². The summed E-state index contributed by atoms with van der Waals surface area (Å²) in [7, 11) is 1.76. The zero-order valence-electron chi connectivity index (χ0n) is 12.3. The van der Waals surface area contributed by atoms with Gasteiger partial charge < -0.3 is 15.3 Å². The molecule has 0 saturated heterocycles. The fourth-order valence-corrected chi connectivity index (χ4v) is 2.49.